The normalized spacial score (nSPS) is 20.3. The summed E-state index contributed by atoms with van der Waals surface area (Å²) >= 11 is 0. The number of allylic oxidation sites excluding steroid dienone is 1. The molecule has 0 spiro atoms. The van der Waals surface area contributed by atoms with Crippen LogP contribution in [0.2, 0.25) is 0 Å². The van der Waals surface area contributed by atoms with Crippen LogP contribution in [0, 0.1) is 12.3 Å². The third-order valence-corrected chi connectivity index (χ3v) is 7.56. The summed E-state index contributed by atoms with van der Waals surface area (Å²) in [6, 6.07) is 12.9. The molecule has 0 bridgehead atoms. The Morgan fingerprint density at radius 1 is 1.10 bits per heavy atom. The first-order valence-corrected chi connectivity index (χ1v) is 14.5. The van der Waals surface area contributed by atoms with E-state index in [4.69, 9.17) is 28.1 Å². The van der Waals surface area contributed by atoms with Crippen molar-refractivity contribution >= 4 is 16.9 Å². The molecular weight excluding hydrogens is 540 g/mol. The molecule has 0 radical (unpaired) electrons. The van der Waals surface area contributed by atoms with Gasteiger partial charge in [-0.05, 0) is 56.2 Å². The number of hydrogen-bond acceptors (Lipinski definition) is 9. The van der Waals surface area contributed by atoms with Crippen LogP contribution in [0.3, 0.4) is 0 Å². The van der Waals surface area contributed by atoms with Crippen molar-refractivity contribution in [1.29, 1.82) is 0 Å². The van der Waals surface area contributed by atoms with Crippen molar-refractivity contribution in [2.24, 2.45) is 5.41 Å². The lowest BCUT2D eigenvalue weighted by molar-refractivity contribution is -0.153. The zero-order valence-electron chi connectivity index (χ0n) is 24.6. The SMILES string of the molecule is CCOC(=O)c1c(OCc2ccccc2)c2ccc(O[C@@H]3CC(C)(C)CC(O)=C3OC3CCCCO3)c(C)c2oc1=O. The van der Waals surface area contributed by atoms with E-state index in [0.717, 1.165) is 24.8 Å². The Kier molecular flexibility index (Phi) is 8.77. The van der Waals surface area contributed by atoms with Gasteiger partial charge in [-0.2, -0.15) is 0 Å². The van der Waals surface area contributed by atoms with E-state index in [9.17, 15) is 14.7 Å². The molecule has 1 saturated heterocycles. The Labute approximate surface area is 245 Å². The Balaban J connectivity index is 1.52. The number of hydrogen-bond donors (Lipinski definition) is 1. The molecule has 2 atom stereocenters. The van der Waals surface area contributed by atoms with Gasteiger partial charge in [0.2, 0.25) is 0 Å². The van der Waals surface area contributed by atoms with E-state index in [2.05, 4.69) is 13.8 Å². The molecule has 1 unspecified atom stereocenters. The van der Waals surface area contributed by atoms with E-state index in [1.54, 1.807) is 26.0 Å². The molecular formula is C33H38O9. The molecule has 0 amide bonds. The van der Waals surface area contributed by atoms with Crippen LogP contribution in [0.5, 0.6) is 11.5 Å². The molecule has 1 aromatic heterocycles. The number of benzene rings is 2. The summed E-state index contributed by atoms with van der Waals surface area (Å²) in [4.78, 5) is 26.0. The molecule has 42 heavy (non-hydrogen) atoms. The average Bonchev–Trinajstić information content (AvgIpc) is 2.96. The number of ether oxygens (including phenoxy) is 5. The highest BCUT2D eigenvalue weighted by atomic mass is 16.7. The van der Waals surface area contributed by atoms with Crippen LogP contribution in [0.4, 0.5) is 0 Å². The Morgan fingerprint density at radius 2 is 1.88 bits per heavy atom. The Morgan fingerprint density at radius 3 is 2.60 bits per heavy atom. The van der Waals surface area contributed by atoms with E-state index in [-0.39, 0.29) is 41.3 Å². The minimum Gasteiger partial charge on any atom is -0.509 e. The second-order valence-corrected chi connectivity index (χ2v) is 11.5. The smallest absolute Gasteiger partial charge is 0.354 e. The first-order chi connectivity index (χ1) is 20.2. The fourth-order valence-corrected chi connectivity index (χ4v) is 5.47. The van der Waals surface area contributed by atoms with Gasteiger partial charge in [-0.15, -0.1) is 0 Å². The van der Waals surface area contributed by atoms with Gasteiger partial charge >= 0.3 is 11.6 Å². The van der Waals surface area contributed by atoms with Crippen molar-refractivity contribution < 1.29 is 38.0 Å². The maximum Gasteiger partial charge on any atom is 0.354 e. The molecule has 5 rings (SSSR count). The average molecular weight is 579 g/mol. The minimum absolute atomic E-state index is 0.0908. The van der Waals surface area contributed by atoms with Crippen molar-refractivity contribution in [2.75, 3.05) is 13.2 Å². The number of carbonyl (C=O) groups is 1. The predicted octanol–water partition coefficient (Wildman–Crippen LogP) is 6.74. The van der Waals surface area contributed by atoms with Gasteiger partial charge in [-0.1, -0.05) is 44.2 Å². The first-order valence-electron chi connectivity index (χ1n) is 14.5. The summed E-state index contributed by atoms with van der Waals surface area (Å²) in [5.41, 5.74) is 0.249. The molecule has 1 N–H and O–H groups in total. The summed E-state index contributed by atoms with van der Waals surface area (Å²) in [6.45, 7) is 8.40. The number of fused-ring (bicyclic) bond motifs is 1. The monoisotopic (exact) mass is 578 g/mol. The van der Waals surface area contributed by atoms with E-state index in [1.807, 2.05) is 30.3 Å². The van der Waals surface area contributed by atoms with Crippen LogP contribution >= 0.6 is 0 Å². The number of rotatable bonds is 9. The fraction of sp³-hybridized carbons (Fsp3) is 0.455. The highest BCUT2D eigenvalue weighted by Gasteiger charge is 2.39. The summed E-state index contributed by atoms with van der Waals surface area (Å²) in [5, 5.41) is 11.4. The third-order valence-electron chi connectivity index (χ3n) is 7.56. The van der Waals surface area contributed by atoms with Crippen LogP contribution in [0.15, 0.2) is 63.2 Å². The predicted molar refractivity (Wildman–Crippen MR) is 156 cm³/mol. The molecule has 0 saturated carbocycles. The molecule has 1 fully saturated rings. The maximum atomic E-state index is 13.2. The Hall–Kier alpha value is -3.98. The molecule has 1 aliphatic heterocycles. The van der Waals surface area contributed by atoms with Gasteiger partial charge in [-0.3, -0.25) is 0 Å². The summed E-state index contributed by atoms with van der Waals surface area (Å²) in [7, 11) is 0. The van der Waals surface area contributed by atoms with E-state index in [0.29, 0.717) is 41.9 Å². The highest BCUT2D eigenvalue weighted by Crippen LogP contribution is 2.42. The second-order valence-electron chi connectivity index (χ2n) is 11.5. The van der Waals surface area contributed by atoms with E-state index >= 15 is 0 Å². The molecule has 9 nitrogen and oxygen atoms in total. The topological polar surface area (TPSA) is 114 Å². The van der Waals surface area contributed by atoms with Crippen molar-refractivity contribution in [3.8, 4) is 11.5 Å². The van der Waals surface area contributed by atoms with Crippen molar-refractivity contribution in [3.63, 3.8) is 0 Å². The lowest BCUT2D eigenvalue weighted by Gasteiger charge is -2.38. The van der Waals surface area contributed by atoms with Gasteiger partial charge in [0.05, 0.1) is 18.6 Å². The second kappa shape index (κ2) is 12.5. The largest absolute Gasteiger partial charge is 0.509 e. The number of aliphatic hydroxyl groups is 1. The van der Waals surface area contributed by atoms with Gasteiger partial charge in [0, 0.05) is 18.4 Å². The zero-order valence-corrected chi connectivity index (χ0v) is 24.6. The molecule has 2 aromatic carbocycles. The van der Waals surface area contributed by atoms with Gasteiger partial charge in [0.25, 0.3) is 0 Å². The van der Waals surface area contributed by atoms with Gasteiger partial charge in [0.15, 0.2) is 29.5 Å². The van der Waals surface area contributed by atoms with Crippen molar-refractivity contribution in [2.45, 2.75) is 78.8 Å². The highest BCUT2D eigenvalue weighted by molar-refractivity contribution is 5.99. The number of carbonyl (C=O) groups excluding carboxylic acids is 1. The summed E-state index contributed by atoms with van der Waals surface area (Å²) in [6.07, 6.45) is 2.73. The lowest BCUT2D eigenvalue weighted by Crippen LogP contribution is -2.37. The quantitative estimate of drug-likeness (QED) is 0.218. The van der Waals surface area contributed by atoms with Crippen LogP contribution in [-0.4, -0.2) is 36.7 Å². The molecule has 1 aliphatic carbocycles. The summed E-state index contributed by atoms with van der Waals surface area (Å²) < 4.78 is 35.4. The van der Waals surface area contributed by atoms with Gasteiger partial charge < -0.3 is 33.2 Å². The van der Waals surface area contributed by atoms with Crippen LogP contribution < -0.4 is 15.1 Å². The lowest BCUT2D eigenvalue weighted by atomic mass is 9.78. The van der Waals surface area contributed by atoms with E-state index in [1.165, 1.54) is 0 Å². The Bertz CT molecular complexity index is 1510. The molecule has 224 valence electrons. The molecule has 3 aromatic rings. The summed E-state index contributed by atoms with van der Waals surface area (Å²) in [5.74, 6) is 0.237. The zero-order chi connectivity index (χ0) is 29.9. The van der Waals surface area contributed by atoms with Crippen LogP contribution in [0.25, 0.3) is 11.0 Å². The van der Waals surface area contributed by atoms with Gasteiger partial charge in [0.1, 0.15) is 23.7 Å². The minimum atomic E-state index is -0.862. The van der Waals surface area contributed by atoms with Crippen molar-refractivity contribution in [1.82, 2.24) is 0 Å². The number of aryl methyl sites for hydroxylation is 1. The molecule has 2 aliphatic rings. The van der Waals surface area contributed by atoms with E-state index < -0.39 is 24.0 Å². The van der Waals surface area contributed by atoms with Gasteiger partial charge in [-0.25, -0.2) is 9.59 Å². The standard InChI is InChI=1S/C33H38O9/c1-5-37-31(35)27-29(39-19-21-11-7-6-8-12-21)22-14-15-24(20(2)28(22)42-32(27)36)40-25-18-33(3,4)17-23(34)30(25)41-26-13-9-10-16-38-26/h6-8,11-12,14-15,25-26,34H,5,9-10,13,16-19H2,1-4H3/t25-,26?/m1/s1. The fourth-order valence-electron chi connectivity index (χ4n) is 5.47. The molecule has 2 heterocycles. The maximum absolute atomic E-state index is 13.2. The van der Waals surface area contributed by atoms with Crippen LogP contribution in [0.1, 0.15) is 74.4 Å². The van der Waals surface area contributed by atoms with Crippen LogP contribution in [-0.2, 0) is 20.8 Å². The third kappa shape index (κ3) is 6.41. The first kappa shape index (κ1) is 29.5. The molecule has 9 heteroatoms. The van der Waals surface area contributed by atoms with Crippen molar-refractivity contribution in [3.05, 3.63) is 81.1 Å². The number of esters is 1. The number of aliphatic hydroxyl groups excluding tert-OH is 1.